The van der Waals surface area contributed by atoms with E-state index in [1.165, 1.54) is 12.8 Å². The van der Waals surface area contributed by atoms with Crippen LogP contribution in [0.15, 0.2) is 18.2 Å². The Kier molecular flexibility index (Phi) is 7.53. The number of likely N-dealkylation sites (N-methyl/N-ethyl adjacent to an activating group) is 1. The molecule has 180 valence electrons. The Bertz CT molecular complexity index is 883. The molecule has 2 N–H and O–H groups in total. The Hall–Kier alpha value is -2.61. The van der Waals surface area contributed by atoms with E-state index in [-0.39, 0.29) is 36.0 Å². The molecule has 0 aromatic heterocycles. The fourth-order valence-corrected chi connectivity index (χ4v) is 5.12. The van der Waals surface area contributed by atoms with Crippen LogP contribution in [0.5, 0.6) is 5.75 Å². The van der Waals surface area contributed by atoms with Gasteiger partial charge in [-0.3, -0.25) is 14.4 Å². The van der Waals surface area contributed by atoms with Gasteiger partial charge in [0.15, 0.2) is 0 Å². The number of nitrogens with one attached hydrogen (secondary N) is 2. The minimum absolute atomic E-state index is 0.0459. The lowest BCUT2D eigenvalue weighted by Crippen LogP contribution is -2.54. The van der Waals surface area contributed by atoms with Crippen molar-refractivity contribution in [2.75, 3.05) is 19.0 Å². The highest BCUT2D eigenvalue weighted by molar-refractivity contribution is 5.99. The molecule has 2 fully saturated rings. The van der Waals surface area contributed by atoms with Gasteiger partial charge in [-0.2, -0.15) is 0 Å². The summed E-state index contributed by atoms with van der Waals surface area (Å²) in [5.41, 5.74) is 1.02. The van der Waals surface area contributed by atoms with Gasteiger partial charge in [-0.25, -0.2) is 0 Å². The molecule has 1 aromatic rings. The van der Waals surface area contributed by atoms with Gasteiger partial charge >= 0.3 is 0 Å². The lowest BCUT2D eigenvalue weighted by molar-refractivity contribution is -0.134. The Morgan fingerprint density at radius 3 is 2.67 bits per heavy atom. The van der Waals surface area contributed by atoms with Crippen LogP contribution in [0.2, 0.25) is 0 Å². The third-order valence-corrected chi connectivity index (χ3v) is 6.91. The Labute approximate surface area is 195 Å². The molecule has 0 unspecified atom stereocenters. The molecule has 33 heavy (non-hydrogen) atoms. The topological polar surface area (TPSA) is 97.0 Å². The summed E-state index contributed by atoms with van der Waals surface area (Å²) >= 11 is 0. The predicted octanol–water partition coefficient (Wildman–Crippen LogP) is 3.25. The Morgan fingerprint density at radius 1 is 1.12 bits per heavy atom. The molecule has 3 aliphatic rings. The first kappa shape index (κ1) is 23.5. The van der Waals surface area contributed by atoms with Gasteiger partial charge in [0.25, 0.3) is 5.91 Å². The highest BCUT2D eigenvalue weighted by Gasteiger charge is 2.39. The summed E-state index contributed by atoms with van der Waals surface area (Å²) in [7, 11) is 1.79. The first-order valence-corrected chi connectivity index (χ1v) is 12.2. The van der Waals surface area contributed by atoms with E-state index in [0.717, 1.165) is 32.1 Å². The van der Waals surface area contributed by atoms with Crippen molar-refractivity contribution < 1.29 is 23.9 Å². The molecule has 0 bridgehead atoms. The van der Waals surface area contributed by atoms with Gasteiger partial charge in [-0.05, 0) is 50.3 Å². The first-order chi connectivity index (χ1) is 15.9. The number of carbonyl (C=O) groups excluding carboxylic acids is 3. The van der Waals surface area contributed by atoms with Gasteiger partial charge < -0.3 is 25.0 Å². The van der Waals surface area contributed by atoms with Crippen molar-refractivity contribution >= 4 is 23.4 Å². The van der Waals surface area contributed by atoms with E-state index < -0.39 is 0 Å². The van der Waals surface area contributed by atoms with Gasteiger partial charge in [0, 0.05) is 25.2 Å². The minimum Gasteiger partial charge on any atom is -0.490 e. The second kappa shape index (κ2) is 10.5. The molecule has 2 heterocycles. The van der Waals surface area contributed by atoms with Gasteiger partial charge in [0.2, 0.25) is 11.8 Å². The second-order valence-electron chi connectivity index (χ2n) is 9.43. The summed E-state index contributed by atoms with van der Waals surface area (Å²) in [4.78, 5) is 39.4. The molecule has 4 rings (SSSR count). The fourth-order valence-electron chi connectivity index (χ4n) is 5.12. The molecule has 3 atom stereocenters. The van der Waals surface area contributed by atoms with Crippen LogP contribution in [0.3, 0.4) is 0 Å². The van der Waals surface area contributed by atoms with Crippen LogP contribution in [0.4, 0.5) is 5.69 Å². The number of nitrogens with zero attached hydrogens (tertiary/aromatic N) is 1. The van der Waals surface area contributed by atoms with Gasteiger partial charge in [-0.1, -0.05) is 19.8 Å². The summed E-state index contributed by atoms with van der Waals surface area (Å²) in [6.45, 7) is 2.25. The highest BCUT2D eigenvalue weighted by Crippen LogP contribution is 2.32. The number of hydrogen-bond acceptors (Lipinski definition) is 5. The van der Waals surface area contributed by atoms with Gasteiger partial charge in [0.05, 0.1) is 24.1 Å². The summed E-state index contributed by atoms with van der Waals surface area (Å²) in [6.07, 6.45) is 7.02. The van der Waals surface area contributed by atoms with Crippen LogP contribution in [-0.2, 0) is 14.3 Å². The van der Waals surface area contributed by atoms with Crippen molar-refractivity contribution in [2.45, 2.75) is 89.0 Å². The lowest BCUT2D eigenvalue weighted by atomic mass is 9.94. The third kappa shape index (κ3) is 5.66. The molecule has 8 heteroatoms. The average Bonchev–Trinajstić information content (AvgIpc) is 3.29. The van der Waals surface area contributed by atoms with Crippen LogP contribution in [-0.4, -0.2) is 60.6 Å². The predicted molar refractivity (Wildman–Crippen MR) is 124 cm³/mol. The van der Waals surface area contributed by atoms with Gasteiger partial charge in [-0.15, -0.1) is 0 Å². The average molecular weight is 458 g/mol. The van der Waals surface area contributed by atoms with E-state index in [2.05, 4.69) is 10.6 Å². The number of benzene rings is 1. The van der Waals surface area contributed by atoms with E-state index in [1.54, 1.807) is 30.1 Å². The van der Waals surface area contributed by atoms with Gasteiger partial charge in [0.1, 0.15) is 18.5 Å². The smallest absolute Gasteiger partial charge is 0.257 e. The zero-order chi connectivity index (χ0) is 23.4. The number of rotatable bonds is 6. The van der Waals surface area contributed by atoms with Crippen LogP contribution in [0, 0.1) is 0 Å². The van der Waals surface area contributed by atoms with E-state index in [9.17, 15) is 14.4 Å². The molecule has 8 nitrogen and oxygen atoms in total. The minimum atomic E-state index is -0.297. The summed E-state index contributed by atoms with van der Waals surface area (Å²) in [6, 6.07) is 5.32. The van der Waals surface area contributed by atoms with Crippen LogP contribution >= 0.6 is 0 Å². The Balaban J connectivity index is 1.41. The summed E-state index contributed by atoms with van der Waals surface area (Å²) < 4.78 is 12.3. The largest absolute Gasteiger partial charge is 0.490 e. The maximum absolute atomic E-state index is 13.3. The number of ether oxygens (including phenoxy) is 2. The fraction of sp³-hybridized carbons (Fsp3) is 0.640. The third-order valence-electron chi connectivity index (χ3n) is 6.91. The van der Waals surface area contributed by atoms with Crippen molar-refractivity contribution in [3.8, 4) is 5.75 Å². The normalized spacial score (nSPS) is 25.3. The van der Waals surface area contributed by atoms with E-state index in [1.807, 2.05) is 6.92 Å². The molecular weight excluding hydrogens is 422 g/mol. The molecule has 1 aliphatic carbocycles. The quantitative estimate of drug-likeness (QED) is 0.684. The molecule has 0 spiro atoms. The van der Waals surface area contributed by atoms with Crippen LogP contribution in [0.1, 0.15) is 75.1 Å². The van der Waals surface area contributed by atoms with Crippen molar-refractivity contribution in [1.82, 2.24) is 10.2 Å². The molecule has 1 saturated carbocycles. The highest BCUT2D eigenvalue weighted by atomic mass is 16.5. The molecular formula is C25H35N3O5. The zero-order valence-corrected chi connectivity index (χ0v) is 19.6. The molecule has 3 amide bonds. The number of carbonyl (C=O) groups is 3. The second-order valence-corrected chi connectivity index (χ2v) is 9.43. The summed E-state index contributed by atoms with van der Waals surface area (Å²) in [5.74, 6) is 0.286. The van der Waals surface area contributed by atoms with E-state index in [4.69, 9.17) is 9.47 Å². The lowest BCUT2D eigenvalue weighted by Gasteiger charge is -2.42. The van der Waals surface area contributed by atoms with Crippen molar-refractivity contribution in [2.24, 2.45) is 0 Å². The number of fused-ring (bicyclic) bond motifs is 2. The standard InChI is InChI=1S/C25H35N3O5/c1-3-6-23(29)27-17-9-12-21-19(13-17)25(31)28(2)20-11-10-18(33-22(20)15-32-21)14-24(30)26-16-7-4-5-8-16/h9,12-13,16,18,20,22H,3-8,10-11,14-15H2,1-2H3,(H,26,30)(H,27,29)/t18-,20+,22-/m1/s1. The molecule has 1 saturated heterocycles. The maximum Gasteiger partial charge on any atom is 0.257 e. The van der Waals surface area contributed by atoms with Crippen molar-refractivity contribution in [1.29, 1.82) is 0 Å². The first-order valence-electron chi connectivity index (χ1n) is 12.2. The number of anilines is 1. The maximum atomic E-state index is 13.3. The number of hydrogen-bond donors (Lipinski definition) is 2. The van der Waals surface area contributed by atoms with Crippen molar-refractivity contribution in [3.63, 3.8) is 0 Å². The van der Waals surface area contributed by atoms with Crippen molar-refractivity contribution in [3.05, 3.63) is 23.8 Å². The summed E-state index contributed by atoms with van der Waals surface area (Å²) in [5, 5.41) is 5.97. The number of amides is 3. The Morgan fingerprint density at radius 2 is 1.91 bits per heavy atom. The monoisotopic (exact) mass is 457 g/mol. The SMILES string of the molecule is CCCC(=O)Nc1ccc2c(c1)C(=O)N(C)[C@H]1CC[C@H](CC(=O)NC3CCCC3)O[C@@H]1CO2. The van der Waals surface area contributed by atoms with Crippen LogP contribution in [0.25, 0.3) is 0 Å². The zero-order valence-electron chi connectivity index (χ0n) is 19.6. The molecule has 2 aliphatic heterocycles. The molecule has 0 radical (unpaired) electrons. The van der Waals surface area contributed by atoms with E-state index in [0.29, 0.717) is 42.5 Å². The van der Waals surface area contributed by atoms with E-state index >= 15 is 0 Å². The van der Waals surface area contributed by atoms with Crippen LogP contribution < -0.4 is 15.4 Å². The molecule has 1 aromatic carbocycles.